The summed E-state index contributed by atoms with van der Waals surface area (Å²) in [6.07, 6.45) is 4.80. The van der Waals surface area contributed by atoms with E-state index in [9.17, 15) is 0 Å². The summed E-state index contributed by atoms with van der Waals surface area (Å²) in [6, 6.07) is 10.7. The van der Waals surface area contributed by atoms with Crippen molar-refractivity contribution in [2.45, 2.75) is 19.4 Å². The average Bonchev–Trinajstić information content (AvgIpc) is 3.02. The van der Waals surface area contributed by atoms with E-state index in [2.05, 4.69) is 46.5 Å². The molecule has 1 unspecified atom stereocenters. The fraction of sp³-hybridized carbons (Fsp3) is 0.250. The van der Waals surface area contributed by atoms with Gasteiger partial charge < -0.3 is 5.32 Å². The van der Waals surface area contributed by atoms with Crippen LogP contribution in [0.25, 0.3) is 10.9 Å². The summed E-state index contributed by atoms with van der Waals surface area (Å²) in [6.45, 7) is 3.16. The van der Waals surface area contributed by atoms with Crippen molar-refractivity contribution in [3.05, 3.63) is 58.7 Å². The van der Waals surface area contributed by atoms with Crippen molar-refractivity contribution in [2.24, 2.45) is 0 Å². The molecule has 0 saturated heterocycles. The van der Waals surface area contributed by atoms with Crippen LogP contribution in [0.2, 0.25) is 0 Å². The lowest BCUT2D eigenvalue weighted by Crippen LogP contribution is -2.23. The van der Waals surface area contributed by atoms with Gasteiger partial charge in [0.15, 0.2) is 0 Å². The number of pyridine rings is 1. The average molecular weight is 283 g/mol. The van der Waals surface area contributed by atoms with Crippen LogP contribution in [0.4, 0.5) is 0 Å². The van der Waals surface area contributed by atoms with Crippen LogP contribution >= 0.6 is 11.3 Å². The zero-order valence-corrected chi connectivity index (χ0v) is 12.2. The minimum absolute atomic E-state index is 0.166. The van der Waals surface area contributed by atoms with Crippen molar-refractivity contribution in [1.29, 1.82) is 0 Å². The predicted octanol–water partition coefficient (Wildman–Crippen LogP) is 3.78. The molecule has 0 aliphatic rings. The van der Waals surface area contributed by atoms with Gasteiger partial charge in [-0.1, -0.05) is 19.1 Å². The minimum Gasteiger partial charge on any atom is -0.304 e. The third-order valence-corrected chi connectivity index (χ3v) is 4.10. The Labute approximate surface area is 122 Å². The Morgan fingerprint density at radius 1 is 1.20 bits per heavy atom. The minimum atomic E-state index is 0.166. The van der Waals surface area contributed by atoms with Crippen molar-refractivity contribution in [1.82, 2.24) is 15.3 Å². The van der Waals surface area contributed by atoms with Crippen LogP contribution in [0.5, 0.6) is 0 Å². The lowest BCUT2D eigenvalue weighted by Gasteiger charge is -2.17. The number of rotatable bonds is 5. The summed E-state index contributed by atoms with van der Waals surface area (Å²) in [5.41, 5.74) is 2.28. The van der Waals surface area contributed by atoms with Crippen LogP contribution in [-0.2, 0) is 0 Å². The fourth-order valence-electron chi connectivity index (χ4n) is 2.29. The maximum absolute atomic E-state index is 4.47. The topological polar surface area (TPSA) is 37.8 Å². The van der Waals surface area contributed by atoms with Gasteiger partial charge in [-0.15, -0.1) is 11.3 Å². The second-order valence-electron chi connectivity index (χ2n) is 4.71. The Hall–Kier alpha value is -1.78. The molecule has 0 fully saturated rings. The van der Waals surface area contributed by atoms with Crippen LogP contribution in [0, 0.1) is 0 Å². The number of aromatic nitrogens is 2. The van der Waals surface area contributed by atoms with E-state index in [1.165, 1.54) is 10.9 Å². The van der Waals surface area contributed by atoms with E-state index in [0.29, 0.717) is 0 Å². The highest BCUT2D eigenvalue weighted by Crippen LogP contribution is 2.26. The second kappa shape index (κ2) is 6.11. The Morgan fingerprint density at radius 2 is 2.15 bits per heavy atom. The van der Waals surface area contributed by atoms with Gasteiger partial charge in [0, 0.05) is 23.2 Å². The molecule has 0 aliphatic heterocycles. The van der Waals surface area contributed by atoms with Crippen LogP contribution in [0.3, 0.4) is 0 Å². The van der Waals surface area contributed by atoms with E-state index in [0.717, 1.165) is 23.5 Å². The standard InChI is InChI=1S/C16H17N3S/c1-2-7-18-15(16-19-9-10-20-16)13-5-6-14-12(11-13)4-3-8-17-14/h3-6,8-11,15,18H,2,7H2,1H3. The molecule has 3 nitrogen and oxygen atoms in total. The van der Waals surface area contributed by atoms with Crippen molar-refractivity contribution < 1.29 is 0 Å². The first-order valence-electron chi connectivity index (χ1n) is 6.86. The molecule has 2 heterocycles. The number of thiazole rings is 1. The molecule has 1 aromatic carbocycles. The fourth-order valence-corrected chi connectivity index (χ4v) is 3.03. The highest BCUT2D eigenvalue weighted by molar-refractivity contribution is 7.09. The number of nitrogens with zero attached hydrogens (tertiary/aromatic N) is 2. The highest BCUT2D eigenvalue weighted by Gasteiger charge is 2.16. The van der Waals surface area contributed by atoms with Gasteiger partial charge >= 0.3 is 0 Å². The molecule has 0 amide bonds. The molecule has 20 heavy (non-hydrogen) atoms. The van der Waals surface area contributed by atoms with Gasteiger partial charge in [0.2, 0.25) is 0 Å². The lowest BCUT2D eigenvalue weighted by molar-refractivity contribution is 0.596. The van der Waals surface area contributed by atoms with Gasteiger partial charge in [0.1, 0.15) is 5.01 Å². The number of benzene rings is 1. The van der Waals surface area contributed by atoms with Crippen molar-refractivity contribution in [3.8, 4) is 0 Å². The SMILES string of the molecule is CCCNC(c1ccc2ncccc2c1)c1nccs1. The van der Waals surface area contributed by atoms with Gasteiger partial charge in [-0.05, 0) is 36.7 Å². The Bertz CT molecular complexity index is 679. The number of fused-ring (bicyclic) bond motifs is 1. The number of hydrogen-bond donors (Lipinski definition) is 1. The third kappa shape index (κ3) is 2.71. The third-order valence-electron chi connectivity index (χ3n) is 3.26. The molecule has 2 aromatic heterocycles. The van der Waals surface area contributed by atoms with Crippen LogP contribution in [0.1, 0.15) is 30.0 Å². The first kappa shape index (κ1) is 13.2. The van der Waals surface area contributed by atoms with E-state index in [-0.39, 0.29) is 6.04 Å². The van der Waals surface area contributed by atoms with Gasteiger partial charge in [-0.2, -0.15) is 0 Å². The molecule has 3 rings (SSSR count). The monoisotopic (exact) mass is 283 g/mol. The predicted molar refractivity (Wildman–Crippen MR) is 84.0 cm³/mol. The van der Waals surface area contributed by atoms with Crippen molar-refractivity contribution >= 4 is 22.2 Å². The van der Waals surface area contributed by atoms with Gasteiger partial charge in [-0.25, -0.2) is 4.98 Å². The number of nitrogens with one attached hydrogen (secondary N) is 1. The molecule has 0 saturated carbocycles. The molecule has 1 N–H and O–H groups in total. The van der Waals surface area contributed by atoms with Gasteiger partial charge in [-0.3, -0.25) is 4.98 Å². The molecule has 0 radical (unpaired) electrons. The first-order valence-corrected chi connectivity index (χ1v) is 7.74. The van der Waals surface area contributed by atoms with E-state index >= 15 is 0 Å². The molecular weight excluding hydrogens is 266 g/mol. The molecule has 102 valence electrons. The van der Waals surface area contributed by atoms with Crippen LogP contribution in [0.15, 0.2) is 48.1 Å². The molecule has 1 atom stereocenters. The summed E-state index contributed by atoms with van der Waals surface area (Å²) < 4.78 is 0. The molecule has 0 bridgehead atoms. The van der Waals surface area contributed by atoms with Gasteiger partial charge in [0.25, 0.3) is 0 Å². The normalized spacial score (nSPS) is 12.7. The highest BCUT2D eigenvalue weighted by atomic mass is 32.1. The Morgan fingerprint density at radius 3 is 2.95 bits per heavy atom. The zero-order valence-electron chi connectivity index (χ0n) is 11.4. The summed E-state index contributed by atoms with van der Waals surface area (Å²) in [5.74, 6) is 0. The molecular formula is C16H17N3S. The first-order chi connectivity index (χ1) is 9.88. The summed E-state index contributed by atoms with van der Waals surface area (Å²) in [5, 5.41) is 7.89. The summed E-state index contributed by atoms with van der Waals surface area (Å²) >= 11 is 1.69. The Balaban J connectivity index is 1.99. The molecule has 0 spiro atoms. The largest absolute Gasteiger partial charge is 0.304 e. The molecule has 4 heteroatoms. The van der Waals surface area contributed by atoms with Crippen molar-refractivity contribution in [2.75, 3.05) is 6.54 Å². The zero-order chi connectivity index (χ0) is 13.8. The van der Waals surface area contributed by atoms with E-state index < -0.39 is 0 Å². The second-order valence-corrected chi connectivity index (χ2v) is 5.64. The summed E-state index contributed by atoms with van der Waals surface area (Å²) in [4.78, 5) is 8.84. The van der Waals surface area contributed by atoms with E-state index in [1.807, 2.05) is 23.8 Å². The molecule has 3 aromatic rings. The number of hydrogen-bond acceptors (Lipinski definition) is 4. The Kier molecular flexibility index (Phi) is 4.04. The van der Waals surface area contributed by atoms with Crippen molar-refractivity contribution in [3.63, 3.8) is 0 Å². The van der Waals surface area contributed by atoms with E-state index in [4.69, 9.17) is 0 Å². The summed E-state index contributed by atoms with van der Waals surface area (Å²) in [7, 11) is 0. The van der Waals surface area contributed by atoms with Crippen LogP contribution < -0.4 is 5.32 Å². The van der Waals surface area contributed by atoms with Gasteiger partial charge in [0.05, 0.1) is 11.6 Å². The quantitative estimate of drug-likeness (QED) is 0.774. The van der Waals surface area contributed by atoms with E-state index in [1.54, 1.807) is 11.3 Å². The lowest BCUT2D eigenvalue weighted by atomic mass is 10.0. The maximum atomic E-state index is 4.47. The maximum Gasteiger partial charge on any atom is 0.114 e. The van der Waals surface area contributed by atoms with Crippen LogP contribution in [-0.4, -0.2) is 16.5 Å². The smallest absolute Gasteiger partial charge is 0.114 e. The molecule has 0 aliphatic carbocycles.